The number of phenolic OH excluding ortho intramolecular Hbond substituents is 1. The highest BCUT2D eigenvalue weighted by Gasteiger charge is 2.32. The van der Waals surface area contributed by atoms with E-state index in [1.807, 2.05) is 25.1 Å². The molecule has 26 nitrogen and oxygen atoms in total. The first-order chi connectivity index (χ1) is 39.2. The fourth-order valence-electron chi connectivity index (χ4n) is 8.52. The van der Waals surface area contributed by atoms with Gasteiger partial charge >= 0.3 is 12.2 Å². The smallest absolute Gasteiger partial charge is 0.415 e. The van der Waals surface area contributed by atoms with Crippen LogP contribution in [0, 0.1) is 12.8 Å². The Morgan fingerprint density at radius 3 is 2.02 bits per heavy atom. The van der Waals surface area contributed by atoms with Gasteiger partial charge in [-0.3, -0.25) is 38.4 Å². The van der Waals surface area contributed by atoms with Gasteiger partial charge in [-0.05, 0) is 89.9 Å². The van der Waals surface area contributed by atoms with Crippen molar-refractivity contribution in [3.8, 4) is 11.5 Å². The zero-order valence-corrected chi connectivity index (χ0v) is 45.6. The largest absolute Gasteiger partial charge is 0.508 e. The molecule has 0 fully saturated rings. The zero-order chi connectivity index (χ0) is 59.2. The van der Waals surface area contributed by atoms with Gasteiger partial charge in [0.15, 0.2) is 0 Å². The minimum Gasteiger partial charge on any atom is -0.508 e. The van der Waals surface area contributed by atoms with E-state index in [1.165, 1.54) is 48.2 Å². The molecule has 2 aromatic heterocycles. The molecular formula is C56H63N13O13. The van der Waals surface area contributed by atoms with Gasteiger partial charge in [0.05, 0.1) is 44.1 Å². The summed E-state index contributed by atoms with van der Waals surface area (Å²) in [6.07, 6.45) is 2.39. The van der Waals surface area contributed by atoms with Crippen molar-refractivity contribution in [2.24, 2.45) is 11.7 Å². The van der Waals surface area contributed by atoms with E-state index >= 15 is 0 Å². The van der Waals surface area contributed by atoms with Crippen LogP contribution < -0.4 is 52.6 Å². The normalized spacial score (nSPS) is 11.9. The molecule has 0 radical (unpaired) electrons. The number of carbonyl (C=O) groups is 10. The van der Waals surface area contributed by atoms with Crippen LogP contribution in [0.3, 0.4) is 0 Å². The number of imidazole rings is 1. The molecule has 6 aromatic rings. The highest BCUT2D eigenvalue weighted by atomic mass is 16.6. The van der Waals surface area contributed by atoms with Gasteiger partial charge in [0.25, 0.3) is 11.8 Å². The molecule has 0 aliphatic carbocycles. The van der Waals surface area contributed by atoms with Crippen LogP contribution >= 0.6 is 0 Å². The Labute approximate surface area is 470 Å². The number of ether oxygens (including phenoxy) is 2. The summed E-state index contributed by atoms with van der Waals surface area (Å²) in [6.45, 7) is 3.59. The molecule has 0 bridgehead atoms. The molecule has 0 saturated carbocycles. The Balaban J connectivity index is 0.850. The maximum Gasteiger partial charge on any atom is 0.415 e. The number of aromatic hydroxyl groups is 1. The summed E-state index contributed by atoms with van der Waals surface area (Å²) in [5.41, 5.74) is 9.99. The molecule has 4 aromatic carbocycles. The highest BCUT2D eigenvalue weighted by molar-refractivity contribution is 6.10. The lowest BCUT2D eigenvalue weighted by Crippen LogP contribution is -2.53. The summed E-state index contributed by atoms with van der Waals surface area (Å²) in [5.74, 6) is -4.69. The number of nitrogens with two attached hydrogens (primary N) is 1. The quantitative estimate of drug-likeness (QED) is 0.0470. The number of pyridine rings is 1. The average Bonchev–Trinajstić information content (AvgIpc) is 2.90. The van der Waals surface area contributed by atoms with Crippen molar-refractivity contribution in [1.29, 1.82) is 0 Å². The van der Waals surface area contributed by atoms with E-state index in [0.29, 0.717) is 52.2 Å². The first-order valence-corrected chi connectivity index (χ1v) is 25.9. The second-order valence-corrected chi connectivity index (χ2v) is 19.4. The number of nitrogens with zero attached hydrogens (tertiary/aromatic N) is 5. The Bertz CT molecular complexity index is 3420. The molecule has 1 atom stereocenters. The Morgan fingerprint density at radius 2 is 1.35 bits per heavy atom. The van der Waals surface area contributed by atoms with Crippen LogP contribution in [0.2, 0.25) is 0 Å². The first kappa shape index (κ1) is 59.5. The number of benzene rings is 4. The number of fused-ring (bicyclic) bond motifs is 4. The standard InChI is InChI=1S/C56H63N13O13/c1-32(2)51(65-49(75)27-60-47(73)26-59-46(72)25-58-45(71)24-57)53(77)61-28-48(74)62-36-13-9-34(10-14-36)31-81-55(79)66(4)21-22-67(5)56(80)82-43-23-42-39(50-33(3)7-6-8-40(43)50)19-20-69(42)54(78)41-30-68-29-37(15-18-44(68)64-41)63-52(76)35-11-16-38(70)17-12-35/h6-18,23,29-30,32,51,70H,19-22,24-28,31,57H2,1-5H3,(H,58,71)(H,59,72)(H,60,73)(H,61,77)(H,62,74)(H,63,76)(H,65,75). The van der Waals surface area contributed by atoms with Gasteiger partial charge in [0, 0.05) is 68.8 Å². The summed E-state index contributed by atoms with van der Waals surface area (Å²) in [7, 11) is 3.04. The Kier molecular flexibility index (Phi) is 19.7. The molecule has 82 heavy (non-hydrogen) atoms. The van der Waals surface area contributed by atoms with E-state index in [9.17, 15) is 53.1 Å². The number of anilines is 3. The molecule has 26 heteroatoms. The number of aryl methyl sites for hydroxylation is 1. The number of rotatable bonds is 22. The molecule has 3 heterocycles. The van der Waals surface area contributed by atoms with E-state index in [0.717, 1.165) is 16.5 Å². The predicted octanol–water partition coefficient (Wildman–Crippen LogP) is 2.16. The van der Waals surface area contributed by atoms with Crippen molar-refractivity contribution < 1.29 is 62.5 Å². The molecule has 1 aliphatic heterocycles. The summed E-state index contributed by atoms with van der Waals surface area (Å²) in [6, 6.07) is 21.9. The van der Waals surface area contributed by atoms with Crippen molar-refractivity contribution >= 4 is 92.9 Å². The van der Waals surface area contributed by atoms with Gasteiger partial charge in [0.2, 0.25) is 35.4 Å². The van der Waals surface area contributed by atoms with Crippen LogP contribution in [0.4, 0.5) is 26.7 Å². The van der Waals surface area contributed by atoms with Crippen molar-refractivity contribution in [3.05, 3.63) is 125 Å². The van der Waals surface area contributed by atoms with Gasteiger partial charge in [-0.25, -0.2) is 14.6 Å². The molecule has 10 N–H and O–H groups in total. The van der Waals surface area contributed by atoms with Gasteiger partial charge in [-0.1, -0.05) is 44.2 Å². The number of aromatic nitrogens is 2. The van der Waals surface area contributed by atoms with Crippen molar-refractivity contribution in [2.45, 2.75) is 39.8 Å². The van der Waals surface area contributed by atoms with E-state index in [4.69, 9.17) is 15.2 Å². The number of hydrogen-bond acceptors (Lipinski definition) is 15. The third-order valence-electron chi connectivity index (χ3n) is 13.0. The van der Waals surface area contributed by atoms with Crippen molar-refractivity contribution in [2.75, 3.05) is 82.0 Å². The van der Waals surface area contributed by atoms with Gasteiger partial charge in [0.1, 0.15) is 35.5 Å². The van der Waals surface area contributed by atoms with E-state index in [1.54, 1.807) is 78.0 Å². The number of carbonyl (C=O) groups excluding carboxylic acids is 10. The minimum atomic E-state index is -1.05. The number of nitrogens with one attached hydrogen (secondary N) is 7. The highest BCUT2D eigenvalue weighted by Crippen LogP contribution is 2.42. The lowest BCUT2D eigenvalue weighted by Gasteiger charge is -2.23. The third-order valence-corrected chi connectivity index (χ3v) is 13.0. The molecule has 0 saturated heterocycles. The van der Waals surface area contributed by atoms with Gasteiger partial charge in [-0.15, -0.1) is 0 Å². The molecular weight excluding hydrogens is 1060 g/mol. The number of likely N-dealkylation sites (N-methyl/N-ethyl adjacent to an activating group) is 2. The SMILES string of the molecule is Cc1cccc2c(OC(=O)N(C)CCN(C)C(=O)OCc3ccc(NC(=O)CNC(=O)C(NC(=O)CNC(=O)CNC(=O)CNC(=O)CN)C(C)C)cc3)cc3c(c12)CCN3C(=O)c1cn2cc(NC(=O)c3ccc(O)cc3)ccc2n1. The van der Waals surface area contributed by atoms with Crippen LogP contribution in [0.1, 0.15) is 51.4 Å². The monoisotopic (exact) mass is 1130 g/mol. The Morgan fingerprint density at radius 1 is 0.720 bits per heavy atom. The van der Waals surface area contributed by atoms with Crippen LogP contribution in [0.25, 0.3) is 16.4 Å². The molecule has 430 valence electrons. The second-order valence-electron chi connectivity index (χ2n) is 19.4. The van der Waals surface area contributed by atoms with Gasteiger partial charge < -0.3 is 76.6 Å². The van der Waals surface area contributed by atoms with Gasteiger partial charge in [-0.2, -0.15) is 0 Å². The maximum absolute atomic E-state index is 14.2. The van der Waals surface area contributed by atoms with E-state index in [2.05, 4.69) is 42.2 Å². The Hall–Kier alpha value is -10.1. The van der Waals surface area contributed by atoms with Crippen LogP contribution in [0.15, 0.2) is 97.3 Å². The number of phenols is 1. The fourth-order valence-corrected chi connectivity index (χ4v) is 8.52. The maximum atomic E-state index is 14.2. The summed E-state index contributed by atoms with van der Waals surface area (Å²) < 4.78 is 13.2. The summed E-state index contributed by atoms with van der Waals surface area (Å²) >= 11 is 0. The molecule has 1 unspecified atom stereocenters. The predicted molar refractivity (Wildman–Crippen MR) is 300 cm³/mol. The van der Waals surface area contributed by atoms with Crippen LogP contribution in [0.5, 0.6) is 11.5 Å². The van der Waals surface area contributed by atoms with Crippen LogP contribution in [-0.4, -0.2) is 156 Å². The lowest BCUT2D eigenvalue weighted by molar-refractivity contribution is -0.131. The van der Waals surface area contributed by atoms with Crippen molar-refractivity contribution in [1.82, 2.24) is 45.8 Å². The molecule has 10 amide bonds. The summed E-state index contributed by atoms with van der Waals surface area (Å²) in [4.78, 5) is 136. The second kappa shape index (κ2) is 27.2. The fraction of sp³-hybridized carbons (Fsp3) is 0.304. The first-order valence-electron chi connectivity index (χ1n) is 25.9. The topological polar surface area (TPSA) is 347 Å². The number of amides is 10. The van der Waals surface area contributed by atoms with E-state index in [-0.39, 0.29) is 61.8 Å². The lowest BCUT2D eigenvalue weighted by atomic mass is 9.97. The molecule has 1 aliphatic rings. The number of hydrogen-bond donors (Lipinski definition) is 9. The third kappa shape index (κ3) is 15.6. The summed E-state index contributed by atoms with van der Waals surface area (Å²) in [5, 5.41) is 28.4. The molecule has 0 spiro atoms. The average molecular weight is 1130 g/mol. The van der Waals surface area contributed by atoms with Crippen molar-refractivity contribution in [3.63, 3.8) is 0 Å². The van der Waals surface area contributed by atoms with E-state index < -0.39 is 79.2 Å². The molecule has 7 rings (SSSR count). The zero-order valence-electron chi connectivity index (χ0n) is 45.6. The van der Waals surface area contributed by atoms with Crippen LogP contribution in [-0.2, 0) is 46.5 Å². The minimum absolute atomic E-state index is 0.0377.